The molecule has 0 aromatic carbocycles. The molecule has 0 radical (unpaired) electrons. The molecule has 2 heterocycles. The number of carbonyl (C=O) groups excluding carboxylic acids is 1. The molecule has 1 saturated heterocycles. The first-order chi connectivity index (χ1) is 10.4. The van der Waals surface area contributed by atoms with Crippen molar-refractivity contribution >= 4 is 28.0 Å². The summed E-state index contributed by atoms with van der Waals surface area (Å²) in [6, 6.07) is 0. The van der Waals surface area contributed by atoms with Gasteiger partial charge in [0, 0.05) is 0 Å². The van der Waals surface area contributed by atoms with Gasteiger partial charge in [0.15, 0.2) is 0 Å². The van der Waals surface area contributed by atoms with Crippen LogP contribution >= 0.6 is 15.9 Å². The van der Waals surface area contributed by atoms with Gasteiger partial charge in [-0.1, -0.05) is 0 Å². The molecule has 1 aliphatic rings. The summed E-state index contributed by atoms with van der Waals surface area (Å²) in [5.74, 6) is -0.919. The van der Waals surface area contributed by atoms with E-state index in [2.05, 4.69) is 21.0 Å². The number of aryl methyl sites for hydroxylation is 1. The van der Waals surface area contributed by atoms with Crippen LogP contribution in [0.1, 0.15) is 38.6 Å². The summed E-state index contributed by atoms with van der Waals surface area (Å²) >= 11 is 3.46. The zero-order valence-corrected chi connectivity index (χ0v) is 15.6. The third kappa shape index (κ3) is 3.52. The van der Waals surface area contributed by atoms with E-state index in [1.165, 1.54) is 4.90 Å². The lowest BCUT2D eigenvalue weighted by atomic mass is 9.86. The molecule has 7 nitrogen and oxygen atoms in total. The van der Waals surface area contributed by atoms with Crippen LogP contribution in [0.15, 0.2) is 4.47 Å². The number of aromatic nitrogens is 2. The molecule has 1 amide bonds. The van der Waals surface area contributed by atoms with Gasteiger partial charge in [0.1, 0.15) is 11.1 Å². The smallest absolute Gasteiger partial charge is 0.410 e. The Kier molecular flexibility index (Phi) is 4.49. The SMILES string of the molecule is Cc1nn(C2(CC(=O)O)CN(C(=O)OC(C)(C)C)C2)c(C)c1Br. The number of hydrogen-bond acceptors (Lipinski definition) is 4. The van der Waals surface area contributed by atoms with E-state index in [0.717, 1.165) is 15.9 Å². The van der Waals surface area contributed by atoms with Crippen molar-refractivity contribution in [1.29, 1.82) is 0 Å². The minimum atomic E-state index is -0.919. The van der Waals surface area contributed by atoms with Gasteiger partial charge in [-0.3, -0.25) is 9.48 Å². The molecule has 1 fully saturated rings. The number of nitrogens with zero attached hydrogens (tertiary/aromatic N) is 3. The van der Waals surface area contributed by atoms with Gasteiger partial charge in [-0.25, -0.2) is 4.79 Å². The van der Waals surface area contributed by atoms with Crippen molar-refractivity contribution in [2.75, 3.05) is 13.1 Å². The third-order valence-corrected chi connectivity index (χ3v) is 4.90. The summed E-state index contributed by atoms with van der Waals surface area (Å²) in [4.78, 5) is 24.9. The van der Waals surface area contributed by atoms with Crippen molar-refractivity contribution in [3.05, 3.63) is 15.9 Å². The van der Waals surface area contributed by atoms with Crippen LogP contribution in [-0.4, -0.2) is 50.5 Å². The van der Waals surface area contributed by atoms with Gasteiger partial charge in [-0.05, 0) is 50.5 Å². The highest BCUT2D eigenvalue weighted by molar-refractivity contribution is 9.10. The highest BCUT2D eigenvalue weighted by atomic mass is 79.9. The van der Waals surface area contributed by atoms with Crippen LogP contribution in [0.4, 0.5) is 4.79 Å². The van der Waals surface area contributed by atoms with Gasteiger partial charge in [-0.15, -0.1) is 0 Å². The quantitative estimate of drug-likeness (QED) is 0.861. The first-order valence-electron chi connectivity index (χ1n) is 7.37. The molecule has 0 aliphatic carbocycles. The fourth-order valence-electron chi connectivity index (χ4n) is 2.81. The molecule has 128 valence electrons. The van der Waals surface area contributed by atoms with Crippen LogP contribution in [0.3, 0.4) is 0 Å². The number of carbonyl (C=O) groups is 2. The Bertz CT molecular complexity index is 642. The molecule has 8 heteroatoms. The van der Waals surface area contributed by atoms with E-state index < -0.39 is 23.2 Å². The lowest BCUT2D eigenvalue weighted by molar-refractivity contribution is -0.143. The van der Waals surface area contributed by atoms with Crippen molar-refractivity contribution in [3.8, 4) is 0 Å². The molecule has 1 aliphatic heterocycles. The molecule has 0 unspecified atom stereocenters. The lowest BCUT2D eigenvalue weighted by Crippen LogP contribution is -2.66. The van der Waals surface area contributed by atoms with Crippen molar-refractivity contribution in [2.45, 2.75) is 52.2 Å². The number of ether oxygens (including phenoxy) is 1. The maximum absolute atomic E-state index is 12.1. The Hall–Kier alpha value is -1.57. The molecule has 2 rings (SSSR count). The van der Waals surface area contributed by atoms with Gasteiger partial charge in [-0.2, -0.15) is 5.10 Å². The van der Waals surface area contributed by atoms with E-state index in [4.69, 9.17) is 4.74 Å². The molecule has 0 saturated carbocycles. The largest absolute Gasteiger partial charge is 0.481 e. The van der Waals surface area contributed by atoms with Gasteiger partial charge in [0.25, 0.3) is 0 Å². The number of carboxylic acid groups (broad SMARTS) is 1. The number of aliphatic carboxylic acids is 1. The lowest BCUT2D eigenvalue weighted by Gasteiger charge is -2.49. The monoisotopic (exact) mass is 387 g/mol. The molecule has 1 aromatic heterocycles. The molecule has 0 bridgehead atoms. The molecule has 23 heavy (non-hydrogen) atoms. The zero-order valence-electron chi connectivity index (χ0n) is 14.0. The van der Waals surface area contributed by atoms with Crippen molar-refractivity contribution < 1.29 is 19.4 Å². The molecule has 1 N–H and O–H groups in total. The van der Waals surface area contributed by atoms with Crippen molar-refractivity contribution in [1.82, 2.24) is 14.7 Å². The van der Waals surface area contributed by atoms with Crippen LogP contribution in [0.2, 0.25) is 0 Å². The predicted octanol–water partition coefficient (Wildman–Crippen LogP) is 2.68. The highest BCUT2D eigenvalue weighted by Gasteiger charge is 2.51. The van der Waals surface area contributed by atoms with Crippen LogP contribution < -0.4 is 0 Å². The Morgan fingerprint density at radius 2 is 1.91 bits per heavy atom. The van der Waals surface area contributed by atoms with Crippen LogP contribution in [0.5, 0.6) is 0 Å². The zero-order chi connectivity index (χ0) is 17.6. The Balaban J connectivity index is 2.23. The van der Waals surface area contributed by atoms with Gasteiger partial charge >= 0.3 is 12.1 Å². The highest BCUT2D eigenvalue weighted by Crippen LogP contribution is 2.36. The summed E-state index contributed by atoms with van der Waals surface area (Å²) in [6.45, 7) is 9.66. The predicted molar refractivity (Wildman–Crippen MR) is 87.4 cm³/mol. The fraction of sp³-hybridized carbons (Fsp3) is 0.667. The van der Waals surface area contributed by atoms with Crippen molar-refractivity contribution in [2.24, 2.45) is 0 Å². The first-order valence-corrected chi connectivity index (χ1v) is 8.16. The third-order valence-electron chi connectivity index (χ3n) is 3.75. The summed E-state index contributed by atoms with van der Waals surface area (Å²) in [5.41, 5.74) is 0.336. The minimum Gasteiger partial charge on any atom is -0.481 e. The average molecular weight is 388 g/mol. The Labute approximate surface area is 143 Å². The van der Waals surface area contributed by atoms with E-state index in [9.17, 15) is 14.7 Å². The van der Waals surface area contributed by atoms with E-state index in [0.29, 0.717) is 0 Å². The molecular formula is C15H22BrN3O4. The average Bonchev–Trinajstić information content (AvgIpc) is 2.59. The van der Waals surface area contributed by atoms with Crippen LogP contribution in [-0.2, 0) is 15.1 Å². The fourth-order valence-corrected chi connectivity index (χ4v) is 3.05. The standard InChI is InChI=1S/C15H22BrN3O4/c1-9-12(16)10(2)19(17-9)15(6-11(20)21)7-18(8-15)13(22)23-14(3,4)5/h6-8H2,1-5H3,(H,20,21). The summed E-state index contributed by atoms with van der Waals surface area (Å²) in [5, 5.41) is 13.7. The normalized spacial score (nSPS) is 16.9. The number of halogens is 1. The maximum Gasteiger partial charge on any atom is 0.410 e. The summed E-state index contributed by atoms with van der Waals surface area (Å²) in [7, 11) is 0. The van der Waals surface area contributed by atoms with E-state index in [-0.39, 0.29) is 19.5 Å². The van der Waals surface area contributed by atoms with E-state index in [1.807, 2.05) is 13.8 Å². The number of rotatable bonds is 3. The molecular weight excluding hydrogens is 366 g/mol. The number of likely N-dealkylation sites (tertiary alicyclic amines) is 1. The first kappa shape index (κ1) is 17.8. The second-order valence-electron chi connectivity index (χ2n) is 7.03. The summed E-state index contributed by atoms with van der Waals surface area (Å²) < 4.78 is 7.92. The number of carboxylic acids is 1. The van der Waals surface area contributed by atoms with Gasteiger partial charge < -0.3 is 14.7 Å². The Morgan fingerprint density at radius 1 is 1.35 bits per heavy atom. The minimum absolute atomic E-state index is 0.0965. The Morgan fingerprint density at radius 3 is 2.30 bits per heavy atom. The summed E-state index contributed by atoms with van der Waals surface area (Å²) in [6.07, 6.45) is -0.528. The van der Waals surface area contributed by atoms with E-state index in [1.54, 1.807) is 25.5 Å². The van der Waals surface area contributed by atoms with E-state index >= 15 is 0 Å². The number of amides is 1. The van der Waals surface area contributed by atoms with Crippen LogP contribution in [0.25, 0.3) is 0 Å². The number of hydrogen-bond donors (Lipinski definition) is 1. The second-order valence-corrected chi connectivity index (χ2v) is 7.82. The second kappa shape index (κ2) is 5.81. The molecule has 0 atom stereocenters. The van der Waals surface area contributed by atoms with Crippen LogP contribution in [0, 0.1) is 13.8 Å². The maximum atomic E-state index is 12.1. The van der Waals surface area contributed by atoms with Crippen molar-refractivity contribution in [3.63, 3.8) is 0 Å². The van der Waals surface area contributed by atoms with Gasteiger partial charge in [0.05, 0.1) is 35.4 Å². The molecule has 0 spiro atoms. The molecule has 1 aromatic rings. The van der Waals surface area contributed by atoms with Gasteiger partial charge in [0.2, 0.25) is 0 Å². The topological polar surface area (TPSA) is 84.7 Å².